The smallest absolute Gasteiger partial charge is 0.0411 e. The zero-order valence-electron chi connectivity index (χ0n) is 28.7. The van der Waals surface area contributed by atoms with E-state index in [4.69, 9.17) is 0 Å². The molecule has 0 aliphatic heterocycles. The fourth-order valence-electron chi connectivity index (χ4n) is 9.25. The summed E-state index contributed by atoms with van der Waals surface area (Å²) in [5.74, 6) is 10.6. The van der Waals surface area contributed by atoms with E-state index in [-0.39, 0.29) is 29.7 Å². The van der Waals surface area contributed by atoms with Crippen LogP contribution < -0.4 is 0 Å². The maximum atomic E-state index is 2.39. The van der Waals surface area contributed by atoms with Gasteiger partial charge in [0.2, 0.25) is 0 Å². The van der Waals surface area contributed by atoms with Crippen molar-refractivity contribution in [2.24, 2.45) is 59.2 Å². The predicted octanol–water partition coefficient (Wildman–Crippen LogP) is 16.2. The Morgan fingerprint density at radius 1 is 0.273 bits per heavy atom. The molecule has 5 fully saturated rings. The van der Waals surface area contributed by atoms with E-state index in [1.165, 1.54) is 89.9 Å². The van der Waals surface area contributed by atoms with Gasteiger partial charge in [-0.1, -0.05) is 213 Å². The van der Waals surface area contributed by atoms with Gasteiger partial charge in [0.05, 0.1) is 0 Å². The van der Waals surface area contributed by atoms with E-state index in [2.05, 4.69) is 41.5 Å². The maximum absolute atomic E-state index is 2.39. The summed E-state index contributed by atoms with van der Waals surface area (Å²) < 4.78 is 0. The predicted molar refractivity (Wildman–Crippen MR) is 207 cm³/mol. The third-order valence-electron chi connectivity index (χ3n) is 13.0. The van der Waals surface area contributed by atoms with Gasteiger partial charge >= 0.3 is 0 Å². The molecular formula is C44H92. The van der Waals surface area contributed by atoms with Gasteiger partial charge < -0.3 is 0 Å². The first-order chi connectivity index (χ1) is 19.3. The first-order valence-electron chi connectivity index (χ1n) is 19.3. The van der Waals surface area contributed by atoms with Crippen molar-refractivity contribution in [1.29, 1.82) is 0 Å². The van der Waals surface area contributed by atoms with Crippen LogP contribution in [0, 0.1) is 59.2 Å². The van der Waals surface area contributed by atoms with Gasteiger partial charge in [0, 0.05) is 0 Å². The lowest BCUT2D eigenvalue weighted by Crippen LogP contribution is -2.23. The van der Waals surface area contributed by atoms with Crippen LogP contribution in [0.25, 0.3) is 0 Å². The first kappa shape index (κ1) is 46.1. The summed E-state index contributed by atoms with van der Waals surface area (Å²) in [4.78, 5) is 0. The molecule has 0 radical (unpaired) electrons. The molecule has 0 aromatic heterocycles. The summed E-state index contributed by atoms with van der Waals surface area (Å²) in [6.07, 6.45) is 36.5. The Balaban J connectivity index is 0. The van der Waals surface area contributed by atoms with Gasteiger partial charge in [-0.2, -0.15) is 0 Å². The van der Waals surface area contributed by atoms with Crippen LogP contribution in [0.1, 0.15) is 225 Å². The van der Waals surface area contributed by atoms with Crippen LogP contribution >= 0.6 is 0 Å². The van der Waals surface area contributed by atoms with Crippen LogP contribution in [0.5, 0.6) is 0 Å². The van der Waals surface area contributed by atoms with Gasteiger partial charge in [-0.05, 0) is 72.0 Å². The number of hydrogen-bond acceptors (Lipinski definition) is 0. The second-order valence-electron chi connectivity index (χ2n) is 16.7. The minimum Gasteiger partial charge on any atom is -0.0776 e. The van der Waals surface area contributed by atoms with Gasteiger partial charge in [-0.15, -0.1) is 0 Å². The van der Waals surface area contributed by atoms with E-state index in [0.29, 0.717) is 0 Å². The van der Waals surface area contributed by atoms with E-state index >= 15 is 0 Å². The lowest BCUT2D eigenvalue weighted by molar-refractivity contribution is 0.163. The fourth-order valence-corrected chi connectivity index (χ4v) is 9.25. The molecule has 0 heterocycles. The fraction of sp³-hybridized carbons (Fsp3) is 1.00. The van der Waals surface area contributed by atoms with E-state index < -0.39 is 0 Å². The molecule has 5 rings (SSSR count). The van der Waals surface area contributed by atoms with Crippen LogP contribution in [0.15, 0.2) is 0 Å². The van der Waals surface area contributed by atoms with Gasteiger partial charge in [-0.3, -0.25) is 0 Å². The Hall–Kier alpha value is 0. The minimum atomic E-state index is 0. The summed E-state index contributed by atoms with van der Waals surface area (Å²) in [5, 5.41) is 0. The molecule has 5 aliphatic rings. The number of rotatable bonds is 6. The average molecular weight is 621 g/mol. The topological polar surface area (TPSA) is 0 Å². The third kappa shape index (κ3) is 18.4. The van der Waals surface area contributed by atoms with Crippen molar-refractivity contribution in [3.05, 3.63) is 0 Å². The van der Waals surface area contributed by atoms with Gasteiger partial charge in [0.15, 0.2) is 0 Å². The summed E-state index contributed by atoms with van der Waals surface area (Å²) in [5.41, 5.74) is 0. The molecule has 0 heteroatoms. The highest BCUT2D eigenvalue weighted by Gasteiger charge is 2.29. The van der Waals surface area contributed by atoms with Crippen molar-refractivity contribution in [1.82, 2.24) is 0 Å². The molecule has 5 aliphatic carbocycles. The standard InChI is InChI=1S/C24H44.2C8H16.4CH4/c1-3-19-5-9-21(10-6-19)17-23-13-15-24(16-14-23)18-22-11-7-20(4-2)8-12-22;2*1-7-3-5-8(2)6-4-7;;;;/h19-24H,3-18H2,1-2H3;2*7-8H,3-6H2,1-2H3;4*1H4. The van der Waals surface area contributed by atoms with Crippen molar-refractivity contribution in [2.75, 3.05) is 0 Å². The molecule has 0 unspecified atom stereocenters. The zero-order valence-corrected chi connectivity index (χ0v) is 28.7. The molecule has 0 N–H and O–H groups in total. The Bertz CT molecular complexity index is 508. The van der Waals surface area contributed by atoms with Crippen molar-refractivity contribution < 1.29 is 0 Å². The monoisotopic (exact) mass is 621 g/mol. The van der Waals surface area contributed by atoms with E-state index in [1.54, 1.807) is 64.2 Å². The van der Waals surface area contributed by atoms with Crippen LogP contribution in [-0.2, 0) is 0 Å². The maximum Gasteiger partial charge on any atom is -0.0411 e. The second-order valence-corrected chi connectivity index (χ2v) is 16.7. The average Bonchev–Trinajstić information content (AvgIpc) is 2.99. The third-order valence-corrected chi connectivity index (χ3v) is 13.0. The lowest BCUT2D eigenvalue weighted by atomic mass is 9.70. The minimum absolute atomic E-state index is 0. The number of hydrogen-bond donors (Lipinski definition) is 0. The highest BCUT2D eigenvalue weighted by atomic mass is 14.3. The molecule has 44 heavy (non-hydrogen) atoms. The van der Waals surface area contributed by atoms with Crippen LogP contribution in [0.4, 0.5) is 0 Å². The molecule has 0 nitrogen and oxygen atoms in total. The first-order valence-corrected chi connectivity index (χ1v) is 19.3. The Labute approximate surface area is 283 Å². The second kappa shape index (κ2) is 26.0. The summed E-state index contributed by atoms with van der Waals surface area (Å²) >= 11 is 0. The summed E-state index contributed by atoms with van der Waals surface area (Å²) in [7, 11) is 0. The Morgan fingerprint density at radius 2 is 0.432 bits per heavy atom. The van der Waals surface area contributed by atoms with Crippen LogP contribution in [0.3, 0.4) is 0 Å². The summed E-state index contributed by atoms with van der Waals surface area (Å²) in [6.45, 7) is 14.2. The van der Waals surface area contributed by atoms with Crippen LogP contribution in [-0.4, -0.2) is 0 Å². The van der Waals surface area contributed by atoms with Gasteiger partial charge in [0.1, 0.15) is 0 Å². The van der Waals surface area contributed by atoms with Crippen molar-refractivity contribution in [3.63, 3.8) is 0 Å². The quantitative estimate of drug-likeness (QED) is 0.277. The van der Waals surface area contributed by atoms with Crippen molar-refractivity contribution >= 4 is 0 Å². The highest BCUT2D eigenvalue weighted by molar-refractivity contribution is 4.81. The Morgan fingerprint density at radius 3 is 0.591 bits per heavy atom. The van der Waals surface area contributed by atoms with E-state index in [9.17, 15) is 0 Å². The molecule has 5 saturated carbocycles. The van der Waals surface area contributed by atoms with Crippen molar-refractivity contribution in [2.45, 2.75) is 225 Å². The zero-order chi connectivity index (χ0) is 28.7. The lowest BCUT2D eigenvalue weighted by Gasteiger charge is -2.36. The van der Waals surface area contributed by atoms with Crippen LogP contribution in [0.2, 0.25) is 0 Å². The molecule has 0 bridgehead atoms. The molecule has 268 valence electrons. The van der Waals surface area contributed by atoms with Crippen molar-refractivity contribution in [3.8, 4) is 0 Å². The molecular weight excluding hydrogens is 528 g/mol. The molecule has 0 aromatic rings. The SMILES string of the molecule is C.C.C.C.CC1CCC(C)CC1.CC1CCC(C)CC1.CCC1CCC(CC2CCC(CC3CCC(CC)CC3)CC2)CC1. The molecule has 0 amide bonds. The summed E-state index contributed by atoms with van der Waals surface area (Å²) in [6, 6.07) is 0. The van der Waals surface area contributed by atoms with E-state index in [0.717, 1.165) is 59.2 Å². The molecule has 0 saturated heterocycles. The highest BCUT2D eigenvalue weighted by Crippen LogP contribution is 2.42. The molecule has 0 spiro atoms. The van der Waals surface area contributed by atoms with Gasteiger partial charge in [0.25, 0.3) is 0 Å². The molecule has 0 atom stereocenters. The largest absolute Gasteiger partial charge is 0.0776 e. The van der Waals surface area contributed by atoms with E-state index in [1.807, 2.05) is 0 Å². The molecule has 0 aromatic carbocycles. The normalized spacial score (nSPS) is 37.0. The Kier molecular flexibility index (Phi) is 27.3. The van der Waals surface area contributed by atoms with Gasteiger partial charge in [-0.25, -0.2) is 0 Å².